The highest BCUT2D eigenvalue weighted by molar-refractivity contribution is 9.10. The fraction of sp³-hybridized carbons (Fsp3) is 0.455. The van der Waals surface area contributed by atoms with Crippen LogP contribution in [0.15, 0.2) is 16.6 Å². The second kappa shape index (κ2) is 8.03. The topological polar surface area (TPSA) is 73.6 Å². The minimum atomic E-state index is -0.673. The summed E-state index contributed by atoms with van der Waals surface area (Å²) in [5.41, 5.74) is -0.0637. The molecule has 8 heteroatoms. The van der Waals surface area contributed by atoms with Crippen LogP contribution >= 0.6 is 15.9 Å². The quantitative estimate of drug-likeness (QED) is 0.448. The van der Waals surface area contributed by atoms with Crippen LogP contribution in [0.3, 0.4) is 0 Å². The van der Waals surface area contributed by atoms with Crippen molar-refractivity contribution in [3.05, 3.63) is 32.5 Å². The Morgan fingerprint density at radius 1 is 1.42 bits per heavy atom. The van der Waals surface area contributed by atoms with E-state index in [0.29, 0.717) is 26.4 Å². The van der Waals surface area contributed by atoms with Crippen LogP contribution < -0.4 is 5.32 Å². The number of halogens is 2. The van der Waals surface area contributed by atoms with Gasteiger partial charge in [-0.2, -0.15) is 0 Å². The number of hydrogen-bond acceptors (Lipinski definition) is 5. The van der Waals surface area contributed by atoms with E-state index in [0.717, 1.165) is 6.07 Å². The van der Waals surface area contributed by atoms with Crippen LogP contribution in [0, 0.1) is 15.9 Å². The molecule has 0 amide bonds. The Labute approximate surface area is 118 Å². The zero-order valence-electron chi connectivity index (χ0n) is 10.3. The summed E-state index contributed by atoms with van der Waals surface area (Å²) in [6.45, 7) is 1.69. The first-order valence-corrected chi connectivity index (χ1v) is 6.29. The van der Waals surface area contributed by atoms with Crippen molar-refractivity contribution in [2.24, 2.45) is 0 Å². The molecule has 1 aromatic carbocycles. The van der Waals surface area contributed by atoms with Crippen LogP contribution in [0.1, 0.15) is 0 Å². The standard InChI is InChI=1S/C11H14BrFN2O4/c1-18-4-5-19-3-2-14-10-6-8(12)9(13)7-11(10)15(16)17/h6-7,14H,2-5H2,1H3. The van der Waals surface area contributed by atoms with E-state index >= 15 is 0 Å². The molecule has 1 rings (SSSR count). The van der Waals surface area contributed by atoms with Crippen LogP contribution in [-0.2, 0) is 9.47 Å². The number of ether oxygens (including phenoxy) is 2. The normalized spacial score (nSPS) is 10.5. The summed E-state index contributed by atoms with van der Waals surface area (Å²) >= 11 is 2.99. The Morgan fingerprint density at radius 3 is 2.79 bits per heavy atom. The number of nitrogens with zero attached hydrogens (tertiary/aromatic N) is 1. The van der Waals surface area contributed by atoms with Gasteiger partial charge in [0.1, 0.15) is 11.5 Å². The minimum Gasteiger partial charge on any atom is -0.382 e. The number of methoxy groups -OCH3 is 1. The number of benzene rings is 1. The maximum atomic E-state index is 13.2. The van der Waals surface area contributed by atoms with E-state index in [1.54, 1.807) is 7.11 Å². The van der Waals surface area contributed by atoms with Crippen LogP contribution in [0.5, 0.6) is 0 Å². The van der Waals surface area contributed by atoms with Crippen molar-refractivity contribution in [2.45, 2.75) is 0 Å². The van der Waals surface area contributed by atoms with Crippen molar-refractivity contribution in [3.63, 3.8) is 0 Å². The molecule has 0 fully saturated rings. The maximum absolute atomic E-state index is 13.2. The lowest BCUT2D eigenvalue weighted by molar-refractivity contribution is -0.384. The lowest BCUT2D eigenvalue weighted by Gasteiger charge is -2.08. The Bertz CT molecular complexity index is 445. The lowest BCUT2D eigenvalue weighted by Crippen LogP contribution is -2.13. The van der Waals surface area contributed by atoms with Crippen molar-refractivity contribution >= 4 is 27.3 Å². The van der Waals surface area contributed by atoms with Gasteiger partial charge in [-0.1, -0.05) is 0 Å². The third-order valence-corrected chi connectivity index (χ3v) is 2.84. The predicted octanol–water partition coefficient (Wildman–Crippen LogP) is 2.57. The van der Waals surface area contributed by atoms with Gasteiger partial charge in [0.25, 0.3) is 5.69 Å². The average molecular weight is 337 g/mol. The Balaban J connectivity index is 2.57. The Morgan fingerprint density at radius 2 is 2.16 bits per heavy atom. The van der Waals surface area contributed by atoms with Gasteiger partial charge in [0.2, 0.25) is 0 Å². The van der Waals surface area contributed by atoms with E-state index in [9.17, 15) is 14.5 Å². The first-order valence-electron chi connectivity index (χ1n) is 5.50. The number of nitro groups is 1. The van der Waals surface area contributed by atoms with Crippen molar-refractivity contribution in [1.29, 1.82) is 0 Å². The number of rotatable bonds is 8. The Hall–Kier alpha value is -1.25. The van der Waals surface area contributed by atoms with Gasteiger partial charge in [0.05, 0.1) is 35.3 Å². The van der Waals surface area contributed by atoms with Crippen molar-refractivity contribution in [1.82, 2.24) is 0 Å². The van der Waals surface area contributed by atoms with Crippen LogP contribution in [-0.4, -0.2) is 38.4 Å². The van der Waals surface area contributed by atoms with Crippen LogP contribution in [0.2, 0.25) is 0 Å². The molecule has 0 aliphatic heterocycles. The van der Waals surface area contributed by atoms with Gasteiger partial charge >= 0.3 is 0 Å². The van der Waals surface area contributed by atoms with E-state index in [2.05, 4.69) is 21.2 Å². The summed E-state index contributed by atoms with van der Waals surface area (Å²) in [7, 11) is 1.57. The third kappa shape index (κ3) is 5.09. The molecule has 1 aromatic rings. The molecule has 0 heterocycles. The maximum Gasteiger partial charge on any atom is 0.295 e. The molecule has 0 radical (unpaired) electrons. The molecule has 0 aromatic heterocycles. The first-order chi connectivity index (χ1) is 9.06. The zero-order chi connectivity index (χ0) is 14.3. The van der Waals surface area contributed by atoms with Crippen LogP contribution in [0.25, 0.3) is 0 Å². The number of nitro benzene ring substituents is 1. The van der Waals surface area contributed by atoms with E-state index in [1.165, 1.54) is 6.07 Å². The van der Waals surface area contributed by atoms with Crippen molar-refractivity contribution < 1.29 is 18.8 Å². The third-order valence-electron chi connectivity index (χ3n) is 2.23. The number of anilines is 1. The summed E-state index contributed by atoms with van der Waals surface area (Å²) in [6.07, 6.45) is 0. The molecule has 19 heavy (non-hydrogen) atoms. The molecule has 0 atom stereocenters. The summed E-state index contributed by atoms with van der Waals surface area (Å²) in [5.74, 6) is -0.673. The van der Waals surface area contributed by atoms with E-state index in [1.807, 2.05) is 0 Å². The molecule has 0 saturated carbocycles. The highest BCUT2D eigenvalue weighted by Gasteiger charge is 2.17. The van der Waals surface area contributed by atoms with Gasteiger partial charge in [-0.3, -0.25) is 10.1 Å². The summed E-state index contributed by atoms with van der Waals surface area (Å²) in [6, 6.07) is 2.21. The van der Waals surface area contributed by atoms with E-state index < -0.39 is 10.7 Å². The molecule has 6 nitrogen and oxygen atoms in total. The molecule has 106 valence electrons. The molecule has 0 aliphatic carbocycles. The van der Waals surface area contributed by atoms with Crippen molar-refractivity contribution in [2.75, 3.05) is 38.8 Å². The van der Waals surface area contributed by atoms with Gasteiger partial charge in [-0.05, 0) is 22.0 Å². The number of hydrogen-bond donors (Lipinski definition) is 1. The van der Waals surface area contributed by atoms with E-state index in [-0.39, 0.29) is 15.8 Å². The molecule has 0 aliphatic rings. The molecule has 0 saturated heterocycles. The van der Waals surface area contributed by atoms with Crippen LogP contribution in [0.4, 0.5) is 15.8 Å². The van der Waals surface area contributed by atoms with E-state index in [4.69, 9.17) is 9.47 Å². The predicted molar refractivity (Wildman–Crippen MR) is 71.9 cm³/mol. The lowest BCUT2D eigenvalue weighted by atomic mass is 10.2. The SMILES string of the molecule is COCCOCCNc1cc(Br)c(F)cc1[N+](=O)[O-]. The molecule has 0 bridgehead atoms. The summed E-state index contributed by atoms with van der Waals surface area (Å²) < 4.78 is 23.4. The van der Waals surface area contributed by atoms with Crippen molar-refractivity contribution in [3.8, 4) is 0 Å². The molecule has 0 spiro atoms. The fourth-order valence-electron chi connectivity index (χ4n) is 1.33. The molecule has 1 N–H and O–H groups in total. The highest BCUT2D eigenvalue weighted by atomic mass is 79.9. The molecular weight excluding hydrogens is 323 g/mol. The molecule has 0 unspecified atom stereocenters. The van der Waals surface area contributed by atoms with Gasteiger partial charge in [0, 0.05) is 13.7 Å². The van der Waals surface area contributed by atoms with Gasteiger partial charge in [0.15, 0.2) is 0 Å². The highest BCUT2D eigenvalue weighted by Crippen LogP contribution is 2.30. The fourth-order valence-corrected chi connectivity index (χ4v) is 1.67. The first kappa shape index (κ1) is 15.8. The summed E-state index contributed by atoms with van der Waals surface area (Å²) in [4.78, 5) is 10.2. The van der Waals surface area contributed by atoms with Gasteiger partial charge in [-0.15, -0.1) is 0 Å². The summed E-state index contributed by atoms with van der Waals surface area (Å²) in [5, 5.41) is 13.6. The monoisotopic (exact) mass is 336 g/mol. The second-order valence-corrected chi connectivity index (χ2v) is 4.43. The average Bonchev–Trinajstić information content (AvgIpc) is 2.37. The number of nitrogens with one attached hydrogen (secondary N) is 1. The smallest absolute Gasteiger partial charge is 0.295 e. The minimum absolute atomic E-state index is 0.168. The zero-order valence-corrected chi connectivity index (χ0v) is 11.9. The molecular formula is C11H14BrFN2O4. The second-order valence-electron chi connectivity index (χ2n) is 3.57. The van der Waals surface area contributed by atoms with Gasteiger partial charge < -0.3 is 14.8 Å². The largest absolute Gasteiger partial charge is 0.382 e. The Kier molecular flexibility index (Phi) is 6.68. The van der Waals surface area contributed by atoms with Gasteiger partial charge in [-0.25, -0.2) is 4.39 Å².